The minimum Gasteiger partial charge on any atom is -0.378 e. The predicted octanol–water partition coefficient (Wildman–Crippen LogP) is 2.45. The number of rotatable bonds is 7. The van der Waals surface area contributed by atoms with Crippen LogP contribution >= 0.6 is 0 Å². The molecule has 1 N–H and O–H groups in total. The van der Waals surface area contributed by atoms with Crippen molar-refractivity contribution in [1.82, 2.24) is 10.2 Å². The fourth-order valence-electron chi connectivity index (χ4n) is 4.75. The highest BCUT2D eigenvalue weighted by molar-refractivity contribution is 6.11. The Balaban J connectivity index is 1.37. The molecule has 0 unspecified atom stereocenters. The monoisotopic (exact) mass is 399 g/mol. The standard InChI is InChI=1S/C22H29N3O4/c1-22-12-11-20(27)25(22)18-10-5-4-9-17(18)21(28)24(22)15-19(26)23-13-6-14-29-16-7-2-3-8-16/h4-5,9-10,16H,2-3,6-8,11-15H2,1H3,(H,23,26)/t22-/m1/s1. The Bertz CT molecular complexity index is 805. The summed E-state index contributed by atoms with van der Waals surface area (Å²) in [7, 11) is 0. The number of hydrogen-bond donors (Lipinski definition) is 1. The first-order valence-corrected chi connectivity index (χ1v) is 10.6. The van der Waals surface area contributed by atoms with Crippen LogP contribution in [-0.4, -0.2) is 54.1 Å². The summed E-state index contributed by atoms with van der Waals surface area (Å²) >= 11 is 0. The van der Waals surface area contributed by atoms with Gasteiger partial charge in [0.2, 0.25) is 11.8 Å². The van der Waals surface area contributed by atoms with E-state index in [4.69, 9.17) is 4.74 Å². The van der Waals surface area contributed by atoms with E-state index in [0.717, 1.165) is 19.3 Å². The minimum absolute atomic E-state index is 0.0121. The van der Waals surface area contributed by atoms with E-state index < -0.39 is 5.66 Å². The van der Waals surface area contributed by atoms with Gasteiger partial charge in [-0.15, -0.1) is 0 Å². The highest BCUT2D eigenvalue weighted by Crippen LogP contribution is 2.43. The van der Waals surface area contributed by atoms with Gasteiger partial charge in [-0.2, -0.15) is 0 Å². The summed E-state index contributed by atoms with van der Waals surface area (Å²) in [5, 5.41) is 2.89. The lowest BCUT2D eigenvalue weighted by Gasteiger charge is -2.48. The lowest BCUT2D eigenvalue weighted by molar-refractivity contribution is -0.124. The summed E-state index contributed by atoms with van der Waals surface area (Å²) in [6.45, 7) is 2.97. The van der Waals surface area contributed by atoms with Crippen LogP contribution < -0.4 is 10.2 Å². The molecule has 3 aliphatic rings. The number of carbonyl (C=O) groups excluding carboxylic acids is 3. The van der Waals surface area contributed by atoms with Gasteiger partial charge in [0.1, 0.15) is 12.2 Å². The van der Waals surface area contributed by atoms with Crippen LogP contribution in [0.4, 0.5) is 5.69 Å². The molecule has 7 heteroatoms. The maximum Gasteiger partial charge on any atom is 0.258 e. The molecule has 1 aliphatic carbocycles. The third-order valence-corrected chi connectivity index (χ3v) is 6.35. The molecule has 1 saturated carbocycles. The lowest BCUT2D eigenvalue weighted by atomic mass is 9.98. The first-order valence-electron chi connectivity index (χ1n) is 10.6. The van der Waals surface area contributed by atoms with Crippen molar-refractivity contribution in [2.24, 2.45) is 0 Å². The number of nitrogens with zero attached hydrogens (tertiary/aromatic N) is 2. The second-order valence-electron chi connectivity index (χ2n) is 8.34. The van der Waals surface area contributed by atoms with Crippen molar-refractivity contribution in [2.75, 3.05) is 24.6 Å². The smallest absolute Gasteiger partial charge is 0.258 e. The molecule has 0 radical (unpaired) electrons. The number of nitrogens with one attached hydrogen (secondary N) is 1. The Hall–Kier alpha value is -2.41. The normalized spacial score (nSPS) is 24.0. The average Bonchev–Trinajstić information content (AvgIpc) is 3.33. The number of ether oxygens (including phenoxy) is 1. The van der Waals surface area contributed by atoms with Gasteiger partial charge in [0.25, 0.3) is 5.91 Å². The van der Waals surface area contributed by atoms with E-state index in [0.29, 0.717) is 43.3 Å². The van der Waals surface area contributed by atoms with E-state index in [1.165, 1.54) is 12.8 Å². The van der Waals surface area contributed by atoms with Gasteiger partial charge in [-0.3, -0.25) is 19.3 Å². The Kier molecular flexibility index (Phi) is 5.58. The molecule has 2 aliphatic heterocycles. The minimum atomic E-state index is -0.800. The van der Waals surface area contributed by atoms with Crippen LogP contribution in [0.1, 0.15) is 62.2 Å². The van der Waals surface area contributed by atoms with Crippen molar-refractivity contribution >= 4 is 23.4 Å². The summed E-state index contributed by atoms with van der Waals surface area (Å²) in [5.41, 5.74) is 0.312. The SMILES string of the molecule is C[C@]12CCC(=O)N1c1ccccc1C(=O)N2CC(=O)NCCCOC1CCCC1. The Morgan fingerprint density at radius 2 is 2.00 bits per heavy atom. The summed E-state index contributed by atoms with van der Waals surface area (Å²) in [6, 6.07) is 7.13. The molecule has 156 valence electrons. The van der Waals surface area contributed by atoms with Crippen LogP contribution in [0.25, 0.3) is 0 Å². The quantitative estimate of drug-likeness (QED) is 0.715. The van der Waals surface area contributed by atoms with E-state index in [1.54, 1.807) is 28.0 Å². The lowest BCUT2D eigenvalue weighted by Crippen LogP contribution is -2.63. The van der Waals surface area contributed by atoms with E-state index in [1.807, 2.05) is 13.0 Å². The number of carbonyl (C=O) groups is 3. The van der Waals surface area contributed by atoms with Gasteiger partial charge in [0.15, 0.2) is 0 Å². The van der Waals surface area contributed by atoms with Gasteiger partial charge in [0.05, 0.1) is 17.4 Å². The molecule has 0 bridgehead atoms. The third-order valence-electron chi connectivity index (χ3n) is 6.35. The van der Waals surface area contributed by atoms with Gasteiger partial charge in [-0.1, -0.05) is 25.0 Å². The predicted molar refractivity (Wildman–Crippen MR) is 108 cm³/mol. The fraction of sp³-hybridized carbons (Fsp3) is 0.591. The van der Waals surface area contributed by atoms with E-state index in [2.05, 4.69) is 5.32 Å². The average molecular weight is 399 g/mol. The van der Waals surface area contributed by atoms with Crippen molar-refractivity contribution in [2.45, 2.75) is 63.6 Å². The van der Waals surface area contributed by atoms with Crippen LogP contribution in [0, 0.1) is 0 Å². The van der Waals surface area contributed by atoms with Crippen molar-refractivity contribution in [3.05, 3.63) is 29.8 Å². The topological polar surface area (TPSA) is 79.0 Å². The largest absolute Gasteiger partial charge is 0.378 e. The molecule has 7 nitrogen and oxygen atoms in total. The third kappa shape index (κ3) is 3.75. The highest BCUT2D eigenvalue weighted by Gasteiger charge is 2.53. The number of benzene rings is 1. The molecule has 0 aromatic heterocycles. The van der Waals surface area contributed by atoms with Crippen molar-refractivity contribution in [3.63, 3.8) is 0 Å². The zero-order valence-electron chi connectivity index (χ0n) is 17.0. The molecule has 3 amide bonds. The van der Waals surface area contributed by atoms with Gasteiger partial charge < -0.3 is 15.0 Å². The second kappa shape index (κ2) is 8.14. The molecule has 1 saturated heterocycles. The number of anilines is 1. The molecule has 1 atom stereocenters. The fourth-order valence-corrected chi connectivity index (χ4v) is 4.75. The molecular formula is C22H29N3O4. The summed E-state index contributed by atoms with van der Waals surface area (Å²) in [4.78, 5) is 41.4. The Morgan fingerprint density at radius 1 is 1.24 bits per heavy atom. The maximum atomic E-state index is 13.1. The molecule has 0 spiro atoms. The van der Waals surface area contributed by atoms with E-state index >= 15 is 0 Å². The number of hydrogen-bond acceptors (Lipinski definition) is 4. The Labute approximate surface area is 171 Å². The molecule has 29 heavy (non-hydrogen) atoms. The first-order chi connectivity index (χ1) is 14.0. The number of fused-ring (bicyclic) bond motifs is 3. The Morgan fingerprint density at radius 3 is 2.79 bits per heavy atom. The zero-order valence-corrected chi connectivity index (χ0v) is 17.0. The molecule has 2 heterocycles. The van der Waals surface area contributed by atoms with Crippen LogP contribution in [0.5, 0.6) is 0 Å². The van der Waals surface area contributed by atoms with Crippen LogP contribution in [-0.2, 0) is 14.3 Å². The summed E-state index contributed by atoms with van der Waals surface area (Å²) < 4.78 is 5.82. The van der Waals surface area contributed by atoms with Crippen molar-refractivity contribution in [3.8, 4) is 0 Å². The van der Waals surface area contributed by atoms with E-state index in [-0.39, 0.29) is 24.3 Å². The van der Waals surface area contributed by atoms with Gasteiger partial charge >= 0.3 is 0 Å². The van der Waals surface area contributed by atoms with Gasteiger partial charge in [-0.25, -0.2) is 0 Å². The van der Waals surface area contributed by atoms with Gasteiger partial charge in [0, 0.05) is 19.6 Å². The maximum absolute atomic E-state index is 13.1. The first kappa shape index (κ1) is 19.9. The molecular weight excluding hydrogens is 370 g/mol. The highest BCUT2D eigenvalue weighted by atomic mass is 16.5. The zero-order chi connectivity index (χ0) is 20.4. The second-order valence-corrected chi connectivity index (χ2v) is 8.34. The molecule has 4 rings (SSSR count). The van der Waals surface area contributed by atoms with Crippen LogP contribution in [0.2, 0.25) is 0 Å². The molecule has 1 aromatic rings. The van der Waals surface area contributed by atoms with Crippen molar-refractivity contribution < 1.29 is 19.1 Å². The van der Waals surface area contributed by atoms with Crippen LogP contribution in [0.15, 0.2) is 24.3 Å². The van der Waals surface area contributed by atoms with E-state index in [9.17, 15) is 14.4 Å². The van der Waals surface area contributed by atoms with Crippen molar-refractivity contribution in [1.29, 1.82) is 0 Å². The van der Waals surface area contributed by atoms with Crippen LogP contribution in [0.3, 0.4) is 0 Å². The molecule has 2 fully saturated rings. The van der Waals surface area contributed by atoms with Gasteiger partial charge in [-0.05, 0) is 44.7 Å². The summed E-state index contributed by atoms with van der Waals surface area (Å²) in [6.07, 6.45) is 6.78. The number of amides is 3. The summed E-state index contributed by atoms with van der Waals surface area (Å²) in [5.74, 6) is -0.421. The number of para-hydroxylation sites is 1. The molecule has 1 aromatic carbocycles.